The lowest BCUT2D eigenvalue weighted by Crippen LogP contribution is -2.22. The van der Waals surface area contributed by atoms with Crippen LogP contribution in [0, 0.1) is 11.3 Å². The summed E-state index contributed by atoms with van der Waals surface area (Å²) >= 11 is 0. The summed E-state index contributed by atoms with van der Waals surface area (Å²) in [4.78, 5) is 12.2. The molecule has 2 aromatic carbocycles. The maximum atomic E-state index is 12.2. The molecule has 0 aliphatic carbocycles. The minimum atomic E-state index is -3.92. The van der Waals surface area contributed by atoms with Gasteiger partial charge in [-0.2, -0.15) is 0 Å². The highest BCUT2D eigenvalue weighted by Gasteiger charge is 2.13. The van der Waals surface area contributed by atoms with Gasteiger partial charge in [-0.25, -0.2) is 8.42 Å². The number of benzene rings is 2. The average molecular weight is 548 g/mol. The van der Waals surface area contributed by atoms with E-state index in [2.05, 4.69) is 6.92 Å². The van der Waals surface area contributed by atoms with Gasteiger partial charge in [-0.1, -0.05) is 108 Å². The molecular weight excluding hydrogens is 500 g/mol. The number of hydrogen-bond donors (Lipinski definition) is 2. The SMILES string of the molecule is CCCCCCCCCCCCC(CCCCC(=O)Oc1ccc2ccccc2c1)C(=N)N.CS(=O)(=O)[O-]. The zero-order valence-electron chi connectivity index (χ0n) is 23.3. The summed E-state index contributed by atoms with van der Waals surface area (Å²) in [6.45, 7) is 2.26. The normalized spacial score (nSPS) is 12.0. The van der Waals surface area contributed by atoms with Crippen molar-refractivity contribution in [2.75, 3.05) is 6.26 Å². The van der Waals surface area contributed by atoms with Crippen LogP contribution < -0.4 is 10.5 Å². The van der Waals surface area contributed by atoms with Gasteiger partial charge in [0.05, 0.1) is 16.0 Å². The summed E-state index contributed by atoms with van der Waals surface area (Å²) in [5.74, 6) is 0.848. The second kappa shape index (κ2) is 19.6. The van der Waals surface area contributed by atoms with Crippen molar-refractivity contribution < 1.29 is 22.5 Å². The Hall–Kier alpha value is -2.45. The first-order chi connectivity index (χ1) is 18.1. The van der Waals surface area contributed by atoms with Crippen molar-refractivity contribution in [1.82, 2.24) is 0 Å². The van der Waals surface area contributed by atoms with E-state index in [-0.39, 0.29) is 11.9 Å². The van der Waals surface area contributed by atoms with Crippen molar-refractivity contribution in [2.24, 2.45) is 11.7 Å². The number of ether oxygens (including phenoxy) is 1. The molecule has 0 radical (unpaired) electrons. The lowest BCUT2D eigenvalue weighted by Gasteiger charge is -2.15. The molecule has 0 aromatic heterocycles. The molecule has 0 aliphatic rings. The highest BCUT2D eigenvalue weighted by atomic mass is 32.2. The number of nitrogens with two attached hydrogens (primary N) is 1. The van der Waals surface area contributed by atoms with E-state index in [0.29, 0.717) is 24.3 Å². The molecule has 8 heteroatoms. The predicted molar refractivity (Wildman–Crippen MR) is 156 cm³/mol. The highest BCUT2D eigenvalue weighted by Crippen LogP contribution is 2.22. The number of carbonyl (C=O) groups is 1. The fourth-order valence-corrected chi connectivity index (χ4v) is 4.41. The van der Waals surface area contributed by atoms with E-state index in [1.54, 1.807) is 0 Å². The van der Waals surface area contributed by atoms with Crippen LogP contribution in [0.1, 0.15) is 103 Å². The number of fused-ring (bicyclic) bond motifs is 1. The van der Waals surface area contributed by atoms with Gasteiger partial charge in [-0.15, -0.1) is 0 Å². The number of carbonyl (C=O) groups excluding carboxylic acids is 1. The van der Waals surface area contributed by atoms with Crippen LogP contribution in [0.2, 0.25) is 0 Å². The third-order valence-electron chi connectivity index (χ3n) is 6.48. The van der Waals surface area contributed by atoms with Gasteiger partial charge in [0.15, 0.2) is 0 Å². The van der Waals surface area contributed by atoms with Gasteiger partial charge in [-0.05, 0) is 42.2 Å². The molecule has 3 N–H and O–H groups in total. The molecule has 1 atom stereocenters. The Labute approximate surface area is 229 Å². The first-order valence-corrected chi connectivity index (χ1v) is 15.9. The van der Waals surface area contributed by atoms with Crippen molar-refractivity contribution in [2.45, 2.75) is 103 Å². The first kappa shape index (κ1) is 33.6. The zero-order valence-corrected chi connectivity index (χ0v) is 24.1. The molecule has 0 amide bonds. The fraction of sp³-hybridized carbons (Fsp3) is 0.600. The number of amidine groups is 1. The van der Waals surface area contributed by atoms with E-state index >= 15 is 0 Å². The van der Waals surface area contributed by atoms with Crippen LogP contribution in [-0.2, 0) is 14.9 Å². The molecule has 0 aliphatic heterocycles. The van der Waals surface area contributed by atoms with E-state index in [9.17, 15) is 4.79 Å². The lowest BCUT2D eigenvalue weighted by atomic mass is 9.93. The summed E-state index contributed by atoms with van der Waals surface area (Å²) in [5, 5.41) is 10.1. The molecule has 7 nitrogen and oxygen atoms in total. The molecule has 0 bridgehead atoms. The summed E-state index contributed by atoms with van der Waals surface area (Å²) in [6, 6.07) is 13.8. The molecule has 0 heterocycles. The maximum Gasteiger partial charge on any atom is 0.311 e. The highest BCUT2D eigenvalue weighted by molar-refractivity contribution is 7.84. The number of rotatable bonds is 18. The molecule has 214 valence electrons. The lowest BCUT2D eigenvalue weighted by molar-refractivity contribution is -0.134. The second-order valence-electron chi connectivity index (χ2n) is 10.1. The van der Waals surface area contributed by atoms with Crippen LogP contribution in [-0.4, -0.2) is 31.0 Å². The van der Waals surface area contributed by atoms with Crippen molar-refractivity contribution in [3.05, 3.63) is 42.5 Å². The van der Waals surface area contributed by atoms with Crippen molar-refractivity contribution in [1.29, 1.82) is 5.41 Å². The van der Waals surface area contributed by atoms with Gasteiger partial charge < -0.3 is 15.0 Å². The van der Waals surface area contributed by atoms with E-state index < -0.39 is 10.1 Å². The third-order valence-corrected chi connectivity index (χ3v) is 6.48. The molecule has 0 fully saturated rings. The minimum Gasteiger partial charge on any atom is -0.748 e. The monoisotopic (exact) mass is 547 g/mol. The van der Waals surface area contributed by atoms with Crippen LogP contribution in [0.25, 0.3) is 10.8 Å². The molecule has 0 saturated carbocycles. The summed E-state index contributed by atoms with van der Waals surface area (Å²) < 4.78 is 32.7. The van der Waals surface area contributed by atoms with Gasteiger partial charge >= 0.3 is 5.97 Å². The smallest absolute Gasteiger partial charge is 0.311 e. The standard InChI is InChI=1S/C29H44N2O2.CH4O3S/c1-2-3-4-5-6-7-8-9-10-11-17-25(29(30)31)18-14-15-20-28(32)33-27-22-21-24-16-12-13-19-26(24)23-27;1-5(2,3)4/h12-13,16,19,21-23,25H,2-11,14-15,17-18,20H2,1H3,(H3,30,31);1H3,(H,2,3,4)/p-1. The maximum absolute atomic E-state index is 12.2. The van der Waals surface area contributed by atoms with Crippen LogP contribution in [0.3, 0.4) is 0 Å². The largest absolute Gasteiger partial charge is 0.748 e. The van der Waals surface area contributed by atoms with E-state index in [1.807, 2.05) is 42.5 Å². The van der Waals surface area contributed by atoms with E-state index in [0.717, 1.165) is 42.9 Å². The van der Waals surface area contributed by atoms with Crippen molar-refractivity contribution in [3.8, 4) is 5.75 Å². The number of nitrogens with one attached hydrogen (secondary N) is 1. The Balaban J connectivity index is 0.00000132. The molecule has 0 spiro atoms. The van der Waals surface area contributed by atoms with Crippen molar-refractivity contribution in [3.63, 3.8) is 0 Å². The fourth-order valence-electron chi connectivity index (χ4n) is 4.41. The van der Waals surface area contributed by atoms with Gasteiger partial charge in [0.25, 0.3) is 0 Å². The third kappa shape index (κ3) is 17.9. The average Bonchev–Trinajstić information content (AvgIpc) is 2.85. The second-order valence-corrected chi connectivity index (χ2v) is 11.5. The topological polar surface area (TPSA) is 133 Å². The Morgan fingerprint density at radius 1 is 0.868 bits per heavy atom. The Kier molecular flexibility index (Phi) is 17.3. The van der Waals surface area contributed by atoms with Gasteiger partial charge in [-0.3, -0.25) is 10.2 Å². The van der Waals surface area contributed by atoms with Crippen LogP contribution in [0.5, 0.6) is 5.75 Å². The molecule has 2 aromatic rings. The van der Waals surface area contributed by atoms with E-state index in [1.165, 1.54) is 57.8 Å². The Morgan fingerprint density at radius 2 is 1.37 bits per heavy atom. The van der Waals surface area contributed by atoms with E-state index in [4.69, 9.17) is 28.9 Å². The summed E-state index contributed by atoms with van der Waals surface area (Å²) in [6.07, 6.45) is 17.7. The minimum absolute atomic E-state index is 0.149. The Bertz CT molecular complexity index is 1050. The summed E-state index contributed by atoms with van der Waals surface area (Å²) in [5.41, 5.74) is 5.84. The Morgan fingerprint density at radius 3 is 1.92 bits per heavy atom. The van der Waals surface area contributed by atoms with Gasteiger partial charge in [0.2, 0.25) is 0 Å². The summed E-state index contributed by atoms with van der Waals surface area (Å²) in [7, 11) is -3.92. The van der Waals surface area contributed by atoms with Crippen molar-refractivity contribution >= 4 is 32.7 Å². The number of hydrogen-bond acceptors (Lipinski definition) is 6. The molecule has 0 saturated heterocycles. The molecular formula is C30H47N2O5S-. The zero-order chi connectivity index (χ0) is 28.2. The number of esters is 1. The first-order valence-electron chi connectivity index (χ1n) is 14.0. The predicted octanol–water partition coefficient (Wildman–Crippen LogP) is 7.33. The molecule has 1 unspecified atom stereocenters. The van der Waals surface area contributed by atoms with Crippen LogP contribution in [0.4, 0.5) is 0 Å². The number of unbranched alkanes of at least 4 members (excludes halogenated alkanes) is 10. The van der Waals surface area contributed by atoms with Gasteiger partial charge in [0, 0.05) is 18.6 Å². The van der Waals surface area contributed by atoms with Gasteiger partial charge in [0.1, 0.15) is 5.75 Å². The molecule has 38 heavy (non-hydrogen) atoms. The molecule has 2 rings (SSSR count). The van der Waals surface area contributed by atoms with Crippen LogP contribution in [0.15, 0.2) is 42.5 Å². The quantitative estimate of drug-likeness (QED) is 0.0501. The van der Waals surface area contributed by atoms with Crippen LogP contribution >= 0.6 is 0 Å².